The zero-order valence-electron chi connectivity index (χ0n) is 10.3. The van der Waals surface area contributed by atoms with Gasteiger partial charge in [-0.15, -0.1) is 0 Å². The van der Waals surface area contributed by atoms with Crippen LogP contribution in [0.15, 0.2) is 57.0 Å². The second-order valence-corrected chi connectivity index (χ2v) is 5.10. The summed E-state index contributed by atoms with van der Waals surface area (Å²) >= 11 is 1.10. The Morgan fingerprint density at radius 3 is 2.75 bits per heavy atom. The maximum absolute atomic E-state index is 13.9. The third-order valence-electron chi connectivity index (χ3n) is 2.71. The predicted molar refractivity (Wildman–Crippen MR) is 75.5 cm³/mol. The molecule has 0 bridgehead atoms. The molecule has 20 heavy (non-hydrogen) atoms. The summed E-state index contributed by atoms with van der Waals surface area (Å²) in [6.07, 6.45) is 0. The minimum Gasteiger partial charge on any atom is -0.431 e. The molecule has 0 aliphatic heterocycles. The van der Waals surface area contributed by atoms with E-state index >= 15 is 0 Å². The van der Waals surface area contributed by atoms with E-state index in [1.165, 1.54) is 6.07 Å². The van der Waals surface area contributed by atoms with E-state index in [1.807, 2.05) is 24.3 Å². The van der Waals surface area contributed by atoms with Gasteiger partial charge in [-0.05, 0) is 42.1 Å². The first kappa shape index (κ1) is 12.7. The van der Waals surface area contributed by atoms with Crippen molar-refractivity contribution in [3.8, 4) is 0 Å². The molecule has 0 aliphatic rings. The molecule has 0 saturated carbocycles. The standard InChI is InChI=1S/C14H10FN3OS/c15-9-7-8(13(16)17)5-6-12(9)20-14-18-10-3-1-2-4-11(10)19-14/h1-7H,(H3,16,17). The normalized spacial score (nSPS) is 10.8. The van der Waals surface area contributed by atoms with Crippen molar-refractivity contribution >= 4 is 28.7 Å². The molecule has 3 rings (SSSR count). The average Bonchev–Trinajstić information content (AvgIpc) is 2.83. The molecule has 2 aromatic carbocycles. The minimum atomic E-state index is -0.454. The Morgan fingerprint density at radius 1 is 1.25 bits per heavy atom. The molecule has 4 nitrogen and oxygen atoms in total. The number of hydrogen-bond acceptors (Lipinski definition) is 4. The lowest BCUT2D eigenvalue weighted by molar-refractivity contribution is 0.488. The molecule has 3 N–H and O–H groups in total. The van der Waals surface area contributed by atoms with Crippen molar-refractivity contribution in [2.45, 2.75) is 10.1 Å². The molecular weight excluding hydrogens is 277 g/mol. The summed E-state index contributed by atoms with van der Waals surface area (Å²) in [5, 5.41) is 7.65. The number of fused-ring (bicyclic) bond motifs is 1. The lowest BCUT2D eigenvalue weighted by Crippen LogP contribution is -2.11. The number of oxazole rings is 1. The number of nitrogens with zero attached hydrogens (tertiary/aromatic N) is 1. The number of amidine groups is 1. The number of nitrogens with two attached hydrogens (primary N) is 1. The van der Waals surface area contributed by atoms with Crippen LogP contribution in [0.3, 0.4) is 0 Å². The molecule has 0 radical (unpaired) electrons. The fraction of sp³-hybridized carbons (Fsp3) is 0. The monoisotopic (exact) mass is 287 g/mol. The molecule has 0 atom stereocenters. The van der Waals surface area contributed by atoms with Crippen molar-refractivity contribution < 1.29 is 8.81 Å². The number of nitrogens with one attached hydrogen (secondary N) is 1. The molecule has 0 spiro atoms. The fourth-order valence-corrected chi connectivity index (χ4v) is 2.50. The van der Waals surface area contributed by atoms with E-state index in [-0.39, 0.29) is 5.84 Å². The number of benzene rings is 2. The van der Waals surface area contributed by atoms with Gasteiger partial charge in [0.2, 0.25) is 0 Å². The van der Waals surface area contributed by atoms with Crippen LogP contribution in [0.4, 0.5) is 4.39 Å². The summed E-state index contributed by atoms with van der Waals surface area (Å²) < 4.78 is 19.4. The summed E-state index contributed by atoms with van der Waals surface area (Å²) in [4.78, 5) is 4.65. The van der Waals surface area contributed by atoms with Crippen LogP contribution >= 0.6 is 11.8 Å². The third kappa shape index (κ3) is 2.37. The van der Waals surface area contributed by atoms with Gasteiger partial charge in [0.05, 0.1) is 4.90 Å². The topological polar surface area (TPSA) is 75.9 Å². The number of hydrogen-bond donors (Lipinski definition) is 2. The quantitative estimate of drug-likeness (QED) is 0.572. The zero-order valence-corrected chi connectivity index (χ0v) is 11.1. The van der Waals surface area contributed by atoms with Crippen molar-refractivity contribution in [2.75, 3.05) is 0 Å². The first-order chi connectivity index (χ1) is 9.63. The van der Waals surface area contributed by atoms with E-state index in [1.54, 1.807) is 12.1 Å². The number of rotatable bonds is 3. The van der Waals surface area contributed by atoms with Gasteiger partial charge in [-0.1, -0.05) is 12.1 Å². The molecule has 0 unspecified atom stereocenters. The van der Waals surface area contributed by atoms with Gasteiger partial charge in [0.1, 0.15) is 17.2 Å². The van der Waals surface area contributed by atoms with Crippen LogP contribution in [0.5, 0.6) is 0 Å². The Hall–Kier alpha value is -2.34. The number of para-hydroxylation sites is 2. The Morgan fingerprint density at radius 2 is 2.05 bits per heavy atom. The van der Waals surface area contributed by atoms with Gasteiger partial charge in [0.15, 0.2) is 5.58 Å². The van der Waals surface area contributed by atoms with E-state index in [9.17, 15) is 4.39 Å². The molecule has 0 fully saturated rings. The van der Waals surface area contributed by atoms with Gasteiger partial charge in [-0.2, -0.15) is 0 Å². The average molecular weight is 287 g/mol. The first-order valence-electron chi connectivity index (χ1n) is 5.81. The Balaban J connectivity index is 1.92. The lowest BCUT2D eigenvalue weighted by atomic mass is 10.2. The number of aromatic nitrogens is 1. The molecule has 0 aliphatic carbocycles. The van der Waals surface area contributed by atoms with E-state index in [2.05, 4.69) is 4.98 Å². The van der Waals surface area contributed by atoms with Crippen LogP contribution < -0.4 is 5.73 Å². The van der Waals surface area contributed by atoms with E-state index in [0.29, 0.717) is 21.3 Å². The maximum atomic E-state index is 13.9. The smallest absolute Gasteiger partial charge is 0.261 e. The van der Waals surface area contributed by atoms with E-state index < -0.39 is 5.82 Å². The minimum absolute atomic E-state index is 0.165. The Bertz CT molecular complexity index is 767. The molecule has 0 amide bonds. The molecular formula is C14H10FN3OS. The van der Waals surface area contributed by atoms with Gasteiger partial charge in [-0.3, -0.25) is 5.41 Å². The molecule has 0 saturated heterocycles. The highest BCUT2D eigenvalue weighted by Crippen LogP contribution is 2.31. The third-order valence-corrected chi connectivity index (χ3v) is 3.61. The first-order valence-corrected chi connectivity index (χ1v) is 6.62. The maximum Gasteiger partial charge on any atom is 0.261 e. The second kappa shape index (κ2) is 4.97. The second-order valence-electron chi connectivity index (χ2n) is 4.11. The molecule has 1 aromatic heterocycles. The molecule has 6 heteroatoms. The molecule has 1 heterocycles. The number of nitrogen functional groups attached to an aromatic ring is 1. The Kier molecular flexibility index (Phi) is 3.15. The van der Waals surface area contributed by atoms with Crippen LogP contribution in [0, 0.1) is 11.2 Å². The highest BCUT2D eigenvalue weighted by Gasteiger charge is 2.11. The summed E-state index contributed by atoms with van der Waals surface area (Å²) in [5.74, 6) is -0.618. The van der Waals surface area contributed by atoms with E-state index in [4.69, 9.17) is 15.6 Å². The van der Waals surface area contributed by atoms with Gasteiger partial charge < -0.3 is 10.2 Å². The summed E-state index contributed by atoms with van der Waals surface area (Å²) in [6.45, 7) is 0. The largest absolute Gasteiger partial charge is 0.431 e. The van der Waals surface area contributed by atoms with Crippen molar-refractivity contribution in [3.05, 3.63) is 53.8 Å². The Labute approximate surface area is 118 Å². The fourth-order valence-electron chi connectivity index (χ4n) is 1.74. The lowest BCUT2D eigenvalue weighted by Gasteiger charge is -2.02. The van der Waals surface area contributed by atoms with Gasteiger partial charge >= 0.3 is 0 Å². The number of halogens is 1. The van der Waals surface area contributed by atoms with Crippen LogP contribution in [0.1, 0.15) is 5.56 Å². The van der Waals surface area contributed by atoms with Crippen molar-refractivity contribution in [3.63, 3.8) is 0 Å². The van der Waals surface area contributed by atoms with Crippen molar-refractivity contribution in [1.82, 2.24) is 4.98 Å². The van der Waals surface area contributed by atoms with Crippen LogP contribution in [-0.2, 0) is 0 Å². The highest BCUT2D eigenvalue weighted by atomic mass is 32.2. The van der Waals surface area contributed by atoms with Gasteiger partial charge in [-0.25, -0.2) is 9.37 Å². The van der Waals surface area contributed by atoms with Crippen LogP contribution in [0.25, 0.3) is 11.1 Å². The predicted octanol–water partition coefficient (Wildman–Crippen LogP) is 3.40. The molecule has 100 valence electrons. The summed E-state index contributed by atoms with van der Waals surface area (Å²) in [6, 6.07) is 11.7. The van der Waals surface area contributed by atoms with Gasteiger partial charge in [0.25, 0.3) is 5.22 Å². The molecule has 3 aromatic rings. The zero-order chi connectivity index (χ0) is 14.1. The summed E-state index contributed by atoms with van der Waals surface area (Å²) in [5.41, 5.74) is 7.06. The van der Waals surface area contributed by atoms with Crippen LogP contribution in [0.2, 0.25) is 0 Å². The van der Waals surface area contributed by atoms with Crippen LogP contribution in [-0.4, -0.2) is 10.8 Å². The SMILES string of the molecule is N=C(N)c1ccc(Sc2nc3ccccc3o2)c(F)c1. The highest BCUT2D eigenvalue weighted by molar-refractivity contribution is 7.99. The van der Waals surface area contributed by atoms with Gasteiger partial charge in [0, 0.05) is 5.56 Å². The van der Waals surface area contributed by atoms with Crippen molar-refractivity contribution in [2.24, 2.45) is 5.73 Å². The van der Waals surface area contributed by atoms with E-state index in [0.717, 1.165) is 17.3 Å². The van der Waals surface area contributed by atoms with Crippen molar-refractivity contribution in [1.29, 1.82) is 5.41 Å². The summed E-state index contributed by atoms with van der Waals surface area (Å²) in [7, 11) is 0.